The number of hydrogen-bond acceptors (Lipinski definition) is 2. The van der Waals surface area contributed by atoms with Gasteiger partial charge in [0, 0.05) is 48.8 Å². The van der Waals surface area contributed by atoms with Crippen LogP contribution in [0.1, 0.15) is 29.3 Å². The topological polar surface area (TPSA) is 38.1 Å². The van der Waals surface area contributed by atoms with Crippen LogP contribution in [0.2, 0.25) is 0 Å². The molecule has 0 fully saturated rings. The van der Waals surface area contributed by atoms with E-state index in [0.717, 1.165) is 17.8 Å². The van der Waals surface area contributed by atoms with Crippen molar-refractivity contribution in [2.45, 2.75) is 32.6 Å². The van der Waals surface area contributed by atoms with E-state index in [9.17, 15) is 22.4 Å². The Balaban J connectivity index is 1.82. The Morgan fingerprint density at radius 3 is 2.60 bits per heavy atom. The third-order valence-corrected chi connectivity index (χ3v) is 5.32. The van der Waals surface area contributed by atoms with Gasteiger partial charge >= 0.3 is 6.18 Å². The van der Waals surface area contributed by atoms with Crippen LogP contribution in [0.4, 0.5) is 17.6 Å². The van der Waals surface area contributed by atoms with Gasteiger partial charge in [-0.25, -0.2) is 4.39 Å². The lowest BCUT2D eigenvalue weighted by molar-refractivity contribution is -0.137. The molecule has 0 saturated heterocycles. The van der Waals surface area contributed by atoms with E-state index in [0.29, 0.717) is 35.3 Å². The number of nitrogens with zero attached hydrogens (tertiary/aromatic N) is 3. The SMILES string of the molecule is CC(=O)N1CCc2c(c(-c3cccc(C(F)(F)F)c3)nn2Cc2ccccc2F)C1. The summed E-state index contributed by atoms with van der Waals surface area (Å²) in [6.07, 6.45) is -3.98. The maximum atomic E-state index is 14.2. The van der Waals surface area contributed by atoms with Crippen molar-refractivity contribution < 1.29 is 22.4 Å². The summed E-state index contributed by atoms with van der Waals surface area (Å²) < 4.78 is 55.4. The first kappa shape index (κ1) is 20.1. The van der Waals surface area contributed by atoms with Gasteiger partial charge in [-0.05, 0) is 18.2 Å². The maximum absolute atomic E-state index is 14.2. The summed E-state index contributed by atoms with van der Waals surface area (Å²) in [5.41, 5.74) is 1.89. The van der Waals surface area contributed by atoms with Crippen molar-refractivity contribution in [3.05, 3.63) is 76.7 Å². The van der Waals surface area contributed by atoms with Gasteiger partial charge in [0.25, 0.3) is 0 Å². The number of aromatic nitrogens is 2. The first-order chi connectivity index (χ1) is 14.2. The van der Waals surface area contributed by atoms with E-state index in [2.05, 4.69) is 5.10 Å². The number of fused-ring (bicyclic) bond motifs is 1. The van der Waals surface area contributed by atoms with E-state index in [-0.39, 0.29) is 24.8 Å². The van der Waals surface area contributed by atoms with E-state index < -0.39 is 11.7 Å². The lowest BCUT2D eigenvalue weighted by Crippen LogP contribution is -2.34. The van der Waals surface area contributed by atoms with E-state index in [1.165, 1.54) is 19.1 Å². The van der Waals surface area contributed by atoms with Crippen LogP contribution in [0.3, 0.4) is 0 Å². The summed E-state index contributed by atoms with van der Waals surface area (Å²) in [6.45, 7) is 2.35. The number of carbonyl (C=O) groups excluding carboxylic acids is 1. The van der Waals surface area contributed by atoms with Gasteiger partial charge in [0.15, 0.2) is 0 Å². The van der Waals surface area contributed by atoms with Gasteiger partial charge in [-0.2, -0.15) is 18.3 Å². The molecular weight excluding hydrogens is 398 g/mol. The lowest BCUT2D eigenvalue weighted by Gasteiger charge is -2.27. The van der Waals surface area contributed by atoms with Crippen LogP contribution >= 0.6 is 0 Å². The molecule has 1 aromatic heterocycles. The molecule has 2 heterocycles. The van der Waals surface area contributed by atoms with Crippen LogP contribution in [-0.2, 0) is 30.5 Å². The highest BCUT2D eigenvalue weighted by molar-refractivity contribution is 5.74. The second-order valence-electron chi connectivity index (χ2n) is 7.29. The zero-order chi connectivity index (χ0) is 21.5. The predicted octanol–water partition coefficient (Wildman–Crippen LogP) is 4.66. The van der Waals surface area contributed by atoms with Gasteiger partial charge in [-0.1, -0.05) is 30.3 Å². The van der Waals surface area contributed by atoms with Crippen LogP contribution in [0.5, 0.6) is 0 Å². The van der Waals surface area contributed by atoms with Crippen LogP contribution in [0.25, 0.3) is 11.3 Å². The highest BCUT2D eigenvalue weighted by Gasteiger charge is 2.32. The molecule has 0 saturated carbocycles. The zero-order valence-electron chi connectivity index (χ0n) is 16.2. The molecule has 1 amide bonds. The average molecular weight is 417 g/mol. The Morgan fingerprint density at radius 1 is 1.13 bits per heavy atom. The average Bonchev–Trinajstić information content (AvgIpc) is 3.07. The Labute approximate surface area is 170 Å². The molecule has 3 aromatic rings. The van der Waals surface area contributed by atoms with Crippen LogP contribution in [0, 0.1) is 5.82 Å². The normalized spacial score (nSPS) is 14.0. The minimum atomic E-state index is -4.47. The van der Waals surface area contributed by atoms with E-state index in [4.69, 9.17) is 0 Å². The van der Waals surface area contributed by atoms with Crippen molar-refractivity contribution in [2.24, 2.45) is 0 Å². The van der Waals surface area contributed by atoms with Crippen molar-refractivity contribution in [1.82, 2.24) is 14.7 Å². The molecule has 4 nitrogen and oxygen atoms in total. The monoisotopic (exact) mass is 417 g/mol. The molecule has 0 unspecified atom stereocenters. The number of hydrogen-bond donors (Lipinski definition) is 0. The summed E-state index contributed by atoms with van der Waals surface area (Å²) in [7, 11) is 0. The molecule has 0 bridgehead atoms. The van der Waals surface area contributed by atoms with Gasteiger partial charge in [-0.15, -0.1) is 0 Å². The van der Waals surface area contributed by atoms with Crippen molar-refractivity contribution in [3.8, 4) is 11.3 Å². The Bertz CT molecular complexity index is 1100. The highest BCUT2D eigenvalue weighted by atomic mass is 19.4. The fourth-order valence-electron chi connectivity index (χ4n) is 3.75. The van der Waals surface area contributed by atoms with Gasteiger partial charge in [0.2, 0.25) is 5.91 Å². The van der Waals surface area contributed by atoms with E-state index in [1.54, 1.807) is 33.8 Å². The number of rotatable bonds is 3. The molecule has 0 atom stereocenters. The fraction of sp³-hybridized carbons (Fsp3) is 0.273. The van der Waals surface area contributed by atoms with Crippen LogP contribution in [-0.4, -0.2) is 27.1 Å². The van der Waals surface area contributed by atoms with E-state index in [1.807, 2.05) is 0 Å². The quantitative estimate of drug-likeness (QED) is 0.582. The predicted molar refractivity (Wildman–Crippen MR) is 103 cm³/mol. The summed E-state index contributed by atoms with van der Waals surface area (Å²) in [5, 5.41) is 4.56. The van der Waals surface area contributed by atoms with Gasteiger partial charge in [-0.3, -0.25) is 9.48 Å². The number of carbonyl (C=O) groups is 1. The first-order valence-electron chi connectivity index (χ1n) is 9.49. The van der Waals surface area contributed by atoms with Crippen molar-refractivity contribution in [1.29, 1.82) is 0 Å². The molecule has 1 aliphatic rings. The summed E-state index contributed by atoms with van der Waals surface area (Å²) >= 11 is 0. The van der Waals surface area contributed by atoms with Gasteiger partial charge in [0.1, 0.15) is 5.82 Å². The summed E-state index contributed by atoms with van der Waals surface area (Å²) in [6, 6.07) is 11.3. The minimum absolute atomic E-state index is 0.113. The van der Waals surface area contributed by atoms with Gasteiger partial charge in [0.05, 0.1) is 17.8 Å². The number of halogens is 4. The molecule has 156 valence electrons. The standard InChI is InChI=1S/C22H19F4N3O/c1-14(30)28-10-9-20-18(13-28)21(15-6-4-7-17(11-15)22(24,25)26)27-29(20)12-16-5-2-3-8-19(16)23/h2-8,11H,9-10,12-13H2,1H3. The Hall–Kier alpha value is -3.16. The molecule has 1 aliphatic heterocycles. The van der Waals surface area contributed by atoms with Crippen molar-refractivity contribution >= 4 is 5.91 Å². The maximum Gasteiger partial charge on any atom is 0.416 e. The van der Waals surface area contributed by atoms with Crippen LogP contribution < -0.4 is 0 Å². The molecule has 0 aliphatic carbocycles. The molecular formula is C22H19F4N3O. The molecule has 0 radical (unpaired) electrons. The zero-order valence-corrected chi connectivity index (χ0v) is 16.2. The lowest BCUT2D eigenvalue weighted by atomic mass is 9.99. The van der Waals surface area contributed by atoms with Crippen molar-refractivity contribution in [3.63, 3.8) is 0 Å². The van der Waals surface area contributed by atoms with Crippen LogP contribution in [0.15, 0.2) is 48.5 Å². The van der Waals surface area contributed by atoms with E-state index >= 15 is 0 Å². The second kappa shape index (κ2) is 7.59. The fourth-order valence-corrected chi connectivity index (χ4v) is 3.75. The summed E-state index contributed by atoms with van der Waals surface area (Å²) in [4.78, 5) is 13.5. The molecule has 2 aromatic carbocycles. The Morgan fingerprint density at radius 2 is 1.90 bits per heavy atom. The third-order valence-electron chi connectivity index (χ3n) is 5.32. The second-order valence-corrected chi connectivity index (χ2v) is 7.29. The Kier molecular flexibility index (Phi) is 5.09. The highest BCUT2D eigenvalue weighted by Crippen LogP contribution is 2.35. The number of benzene rings is 2. The molecule has 4 rings (SSSR count). The summed E-state index contributed by atoms with van der Waals surface area (Å²) in [5.74, 6) is -0.485. The number of alkyl halides is 3. The molecule has 8 heteroatoms. The molecule has 30 heavy (non-hydrogen) atoms. The molecule has 0 spiro atoms. The first-order valence-corrected chi connectivity index (χ1v) is 9.49. The largest absolute Gasteiger partial charge is 0.416 e. The smallest absolute Gasteiger partial charge is 0.338 e. The molecule has 0 N–H and O–H groups in total. The third kappa shape index (κ3) is 3.81. The minimum Gasteiger partial charge on any atom is -0.338 e. The number of amides is 1. The van der Waals surface area contributed by atoms with Gasteiger partial charge < -0.3 is 4.90 Å². The van der Waals surface area contributed by atoms with Crippen molar-refractivity contribution in [2.75, 3.05) is 6.54 Å².